The lowest BCUT2D eigenvalue weighted by molar-refractivity contribution is -0.124. The molecule has 0 radical (unpaired) electrons. The molecule has 3 N–H and O–H groups in total. The summed E-state index contributed by atoms with van der Waals surface area (Å²) in [4.78, 5) is 28.8. The molecule has 0 saturated carbocycles. The minimum Gasteiger partial charge on any atom is -0.496 e. The number of rotatable bonds is 7. The van der Waals surface area contributed by atoms with E-state index in [2.05, 4.69) is 27.0 Å². The summed E-state index contributed by atoms with van der Waals surface area (Å²) < 4.78 is 5.45. The highest BCUT2D eigenvalue weighted by atomic mass is 127. The van der Waals surface area contributed by atoms with Gasteiger partial charge in [0.05, 0.1) is 32.8 Å². The number of urea groups is 1. The number of imide groups is 1. The van der Waals surface area contributed by atoms with E-state index in [1.54, 1.807) is 7.11 Å². The third-order valence-corrected chi connectivity index (χ3v) is 4.08. The van der Waals surface area contributed by atoms with Crippen LogP contribution in [0.4, 0.5) is 4.79 Å². The van der Waals surface area contributed by atoms with Crippen molar-refractivity contribution in [2.24, 2.45) is 4.99 Å². The molecule has 1 heterocycles. The van der Waals surface area contributed by atoms with Crippen LogP contribution in [0.1, 0.15) is 31.0 Å². The van der Waals surface area contributed by atoms with Gasteiger partial charge >= 0.3 is 6.03 Å². The van der Waals surface area contributed by atoms with Gasteiger partial charge in [-0.1, -0.05) is 17.7 Å². The zero-order valence-electron chi connectivity index (χ0n) is 16.2. The highest BCUT2D eigenvalue weighted by molar-refractivity contribution is 14.0. The molecule has 1 unspecified atom stereocenters. The third kappa shape index (κ3) is 6.26. The number of ether oxygens (including phenoxy) is 1. The van der Waals surface area contributed by atoms with Gasteiger partial charge in [-0.25, -0.2) is 4.79 Å². The van der Waals surface area contributed by atoms with Crippen LogP contribution in [0.3, 0.4) is 0 Å². The summed E-state index contributed by atoms with van der Waals surface area (Å²) in [5.74, 6) is 1.21. The molecule has 1 aromatic rings. The lowest BCUT2D eigenvalue weighted by Gasteiger charge is -2.21. The highest BCUT2D eigenvalue weighted by Crippen LogP contribution is 2.25. The minimum atomic E-state index is -0.360. The summed E-state index contributed by atoms with van der Waals surface area (Å²) in [5, 5.41) is 9.01. The van der Waals surface area contributed by atoms with E-state index in [9.17, 15) is 9.59 Å². The van der Waals surface area contributed by atoms with Gasteiger partial charge in [-0.2, -0.15) is 0 Å². The monoisotopic (exact) mass is 489 g/mol. The van der Waals surface area contributed by atoms with E-state index in [4.69, 9.17) is 4.74 Å². The quantitative estimate of drug-likeness (QED) is 0.235. The third-order valence-electron chi connectivity index (χ3n) is 4.08. The lowest BCUT2D eigenvalue weighted by atomic mass is 10.0. The summed E-state index contributed by atoms with van der Waals surface area (Å²) >= 11 is 0. The number of guanidine groups is 1. The number of nitrogens with one attached hydrogen (secondary N) is 3. The van der Waals surface area contributed by atoms with Crippen molar-refractivity contribution in [2.75, 3.05) is 33.3 Å². The molecule has 1 fully saturated rings. The van der Waals surface area contributed by atoms with Crippen LogP contribution in [0.2, 0.25) is 0 Å². The predicted molar refractivity (Wildman–Crippen MR) is 116 cm³/mol. The fourth-order valence-electron chi connectivity index (χ4n) is 2.74. The maximum Gasteiger partial charge on any atom is 0.324 e. The van der Waals surface area contributed by atoms with E-state index in [0.717, 1.165) is 16.9 Å². The normalized spacial score (nSPS) is 15.1. The first-order chi connectivity index (χ1) is 12.5. The second-order valence-electron chi connectivity index (χ2n) is 6.08. The molecule has 9 heteroatoms. The molecule has 1 aromatic carbocycles. The van der Waals surface area contributed by atoms with Crippen molar-refractivity contribution in [3.63, 3.8) is 0 Å². The van der Waals surface area contributed by atoms with Crippen molar-refractivity contribution < 1.29 is 14.3 Å². The van der Waals surface area contributed by atoms with Crippen molar-refractivity contribution in [3.8, 4) is 5.75 Å². The number of hydrogen-bond acceptors (Lipinski definition) is 4. The Kier molecular flexibility index (Phi) is 9.33. The van der Waals surface area contributed by atoms with Gasteiger partial charge in [-0.15, -0.1) is 24.0 Å². The van der Waals surface area contributed by atoms with Crippen molar-refractivity contribution in [2.45, 2.75) is 26.8 Å². The molecule has 2 rings (SSSR count). The number of nitrogens with zero attached hydrogens (tertiary/aromatic N) is 2. The molecule has 150 valence electrons. The molecule has 1 saturated heterocycles. The van der Waals surface area contributed by atoms with E-state index in [1.807, 2.05) is 32.9 Å². The van der Waals surface area contributed by atoms with Gasteiger partial charge in [0.25, 0.3) is 0 Å². The predicted octanol–water partition coefficient (Wildman–Crippen LogP) is 1.79. The first-order valence-electron chi connectivity index (χ1n) is 8.73. The smallest absolute Gasteiger partial charge is 0.324 e. The van der Waals surface area contributed by atoms with Crippen molar-refractivity contribution in [1.82, 2.24) is 20.9 Å². The van der Waals surface area contributed by atoms with Crippen LogP contribution in [0, 0.1) is 6.92 Å². The van der Waals surface area contributed by atoms with Gasteiger partial charge < -0.3 is 20.7 Å². The Hall–Kier alpha value is -2.04. The number of methoxy groups -OCH3 is 1. The molecule has 0 aliphatic carbocycles. The van der Waals surface area contributed by atoms with Crippen molar-refractivity contribution in [3.05, 3.63) is 29.3 Å². The Labute approximate surface area is 177 Å². The molecule has 8 nitrogen and oxygen atoms in total. The van der Waals surface area contributed by atoms with E-state index in [0.29, 0.717) is 19.0 Å². The Morgan fingerprint density at radius 2 is 2.15 bits per heavy atom. The van der Waals surface area contributed by atoms with Crippen LogP contribution in [0.5, 0.6) is 5.75 Å². The Morgan fingerprint density at radius 3 is 2.74 bits per heavy atom. The SMILES string of the molecule is CCNC(=NCCN1C(=O)CNC1=O)NC(C)c1cc(C)ccc1OC.I. The van der Waals surface area contributed by atoms with Crippen LogP contribution < -0.4 is 20.7 Å². The molecule has 1 atom stereocenters. The number of carbonyl (C=O) groups is 2. The molecule has 0 bridgehead atoms. The maximum absolute atomic E-state index is 11.6. The van der Waals surface area contributed by atoms with Gasteiger partial charge in [0.2, 0.25) is 5.91 Å². The van der Waals surface area contributed by atoms with Gasteiger partial charge in [0.15, 0.2) is 5.96 Å². The van der Waals surface area contributed by atoms with Crippen LogP contribution >= 0.6 is 24.0 Å². The number of carbonyl (C=O) groups excluding carboxylic acids is 2. The summed E-state index contributed by atoms with van der Waals surface area (Å²) in [6, 6.07) is 5.64. The second kappa shape index (κ2) is 11.0. The fraction of sp³-hybridized carbons (Fsp3) is 0.500. The standard InChI is InChI=1S/C18H27N5O3.HI/c1-5-19-17(20-8-9-23-16(24)11-21-18(23)25)22-13(3)14-10-12(2)6-7-15(14)26-4;/h6-7,10,13H,5,8-9,11H2,1-4H3,(H,21,25)(H2,19,20,22);1H. The van der Waals surface area contributed by atoms with Gasteiger partial charge in [-0.05, 0) is 26.8 Å². The number of benzene rings is 1. The Bertz CT molecular complexity index is 680. The van der Waals surface area contributed by atoms with Gasteiger partial charge in [0.1, 0.15) is 5.75 Å². The first-order valence-corrected chi connectivity index (χ1v) is 8.73. The van der Waals surface area contributed by atoms with Gasteiger partial charge in [0, 0.05) is 12.1 Å². The van der Waals surface area contributed by atoms with E-state index >= 15 is 0 Å². The largest absolute Gasteiger partial charge is 0.496 e. The van der Waals surface area contributed by atoms with Crippen LogP contribution in [-0.2, 0) is 4.79 Å². The molecule has 1 aliphatic rings. The van der Waals surface area contributed by atoms with E-state index < -0.39 is 0 Å². The number of aliphatic imine (C=N–C) groups is 1. The number of hydrogen-bond donors (Lipinski definition) is 3. The van der Waals surface area contributed by atoms with Crippen LogP contribution in [0.15, 0.2) is 23.2 Å². The summed E-state index contributed by atoms with van der Waals surface area (Å²) in [7, 11) is 1.65. The van der Waals surface area contributed by atoms with Crippen molar-refractivity contribution >= 4 is 41.9 Å². The summed E-state index contributed by atoms with van der Waals surface area (Å²) in [6.45, 7) is 7.38. The molecule has 0 aromatic heterocycles. The minimum absolute atomic E-state index is 0. The topological polar surface area (TPSA) is 95.1 Å². The van der Waals surface area contributed by atoms with E-state index in [1.165, 1.54) is 4.90 Å². The highest BCUT2D eigenvalue weighted by Gasteiger charge is 2.27. The zero-order valence-corrected chi connectivity index (χ0v) is 18.5. The first kappa shape index (κ1) is 23.0. The molecule has 1 aliphatic heterocycles. The molecule has 3 amide bonds. The van der Waals surface area contributed by atoms with Crippen LogP contribution in [0.25, 0.3) is 0 Å². The molecular formula is C18H28IN5O3. The number of halogens is 1. The second-order valence-corrected chi connectivity index (χ2v) is 6.08. The Balaban J connectivity index is 0.00000364. The summed E-state index contributed by atoms with van der Waals surface area (Å²) in [6.07, 6.45) is 0. The average Bonchev–Trinajstić information content (AvgIpc) is 2.93. The lowest BCUT2D eigenvalue weighted by Crippen LogP contribution is -2.40. The number of aryl methyl sites for hydroxylation is 1. The Morgan fingerprint density at radius 1 is 1.41 bits per heavy atom. The van der Waals surface area contributed by atoms with Crippen molar-refractivity contribution in [1.29, 1.82) is 0 Å². The van der Waals surface area contributed by atoms with E-state index in [-0.39, 0.29) is 55.0 Å². The average molecular weight is 489 g/mol. The van der Waals surface area contributed by atoms with Gasteiger partial charge in [-0.3, -0.25) is 14.7 Å². The molecular weight excluding hydrogens is 461 g/mol. The maximum atomic E-state index is 11.6. The zero-order chi connectivity index (χ0) is 19.1. The van der Waals surface area contributed by atoms with Crippen LogP contribution in [-0.4, -0.2) is 56.1 Å². The molecule has 27 heavy (non-hydrogen) atoms. The number of amides is 3. The summed E-state index contributed by atoms with van der Waals surface area (Å²) in [5.41, 5.74) is 2.18. The fourth-order valence-corrected chi connectivity index (χ4v) is 2.74. The molecule has 0 spiro atoms.